The highest BCUT2D eigenvalue weighted by Gasteiger charge is 2.21. The van der Waals surface area contributed by atoms with E-state index in [4.69, 9.17) is 4.74 Å². The zero-order chi connectivity index (χ0) is 19.8. The number of hydrogen-bond acceptors (Lipinski definition) is 4. The molecule has 0 bridgehead atoms. The fourth-order valence-electron chi connectivity index (χ4n) is 2.72. The summed E-state index contributed by atoms with van der Waals surface area (Å²) in [5.41, 5.74) is 2.15. The number of hydrogen-bond donors (Lipinski definition) is 2. The number of ether oxygens (including phenoxy) is 1. The number of carbonyl (C=O) groups excluding carboxylic acids is 2. The summed E-state index contributed by atoms with van der Waals surface area (Å²) < 4.78 is 5.19. The highest BCUT2D eigenvalue weighted by atomic mass is 16.5. The number of aryl methyl sites for hydroxylation is 1. The van der Waals surface area contributed by atoms with E-state index in [-0.39, 0.29) is 25.0 Å². The van der Waals surface area contributed by atoms with Gasteiger partial charge in [-0.2, -0.15) is 0 Å². The van der Waals surface area contributed by atoms with Crippen LogP contribution in [-0.2, 0) is 16.0 Å². The third kappa shape index (κ3) is 5.95. The average molecular weight is 369 g/mol. The number of carboxylic acids is 1. The Morgan fingerprint density at radius 1 is 1.07 bits per heavy atom. The van der Waals surface area contributed by atoms with Crippen LogP contribution in [0, 0.1) is 6.92 Å². The maximum absolute atomic E-state index is 12.4. The molecular weight excluding hydrogens is 346 g/mol. The number of Topliss-reactive ketones (excluding diaryl/α,β-unsaturated/α-hetero) is 1. The molecular formula is C21H23NO5. The van der Waals surface area contributed by atoms with Gasteiger partial charge in [0.1, 0.15) is 11.8 Å². The van der Waals surface area contributed by atoms with E-state index in [1.54, 1.807) is 24.3 Å². The first kappa shape index (κ1) is 20.2. The van der Waals surface area contributed by atoms with E-state index in [1.807, 2.05) is 31.2 Å². The maximum atomic E-state index is 12.4. The van der Waals surface area contributed by atoms with Crippen LogP contribution in [-0.4, -0.2) is 35.9 Å². The van der Waals surface area contributed by atoms with E-state index < -0.39 is 17.9 Å². The average Bonchev–Trinajstić information content (AvgIpc) is 2.66. The Labute approximate surface area is 158 Å². The smallest absolute Gasteiger partial charge is 0.326 e. The molecule has 6 heteroatoms. The lowest BCUT2D eigenvalue weighted by Gasteiger charge is -2.15. The first-order valence-electron chi connectivity index (χ1n) is 8.64. The Morgan fingerprint density at radius 2 is 1.78 bits per heavy atom. The lowest BCUT2D eigenvalue weighted by Crippen LogP contribution is -2.42. The summed E-state index contributed by atoms with van der Waals surface area (Å²) in [5.74, 6) is -1.35. The molecule has 1 unspecified atom stereocenters. The number of amides is 1. The summed E-state index contributed by atoms with van der Waals surface area (Å²) in [6, 6.07) is 13.3. The summed E-state index contributed by atoms with van der Waals surface area (Å²) >= 11 is 0. The highest BCUT2D eigenvalue weighted by Crippen LogP contribution is 2.21. The van der Waals surface area contributed by atoms with Crippen LogP contribution in [0.1, 0.15) is 34.3 Å². The van der Waals surface area contributed by atoms with Crippen molar-refractivity contribution in [2.75, 3.05) is 7.11 Å². The third-order valence-electron chi connectivity index (χ3n) is 4.15. The van der Waals surface area contributed by atoms with Gasteiger partial charge in [-0.25, -0.2) is 4.79 Å². The van der Waals surface area contributed by atoms with E-state index in [0.717, 1.165) is 11.1 Å². The van der Waals surface area contributed by atoms with E-state index in [0.29, 0.717) is 11.3 Å². The van der Waals surface area contributed by atoms with Gasteiger partial charge in [0.05, 0.1) is 12.7 Å². The molecule has 2 aromatic rings. The number of ketones is 1. The molecule has 0 aromatic heterocycles. The van der Waals surface area contributed by atoms with Gasteiger partial charge < -0.3 is 15.2 Å². The first-order chi connectivity index (χ1) is 12.9. The molecule has 0 fully saturated rings. The first-order valence-corrected chi connectivity index (χ1v) is 8.64. The fraction of sp³-hybridized carbons (Fsp3) is 0.286. The normalized spacial score (nSPS) is 11.5. The van der Waals surface area contributed by atoms with Crippen LogP contribution in [0.5, 0.6) is 5.75 Å². The molecule has 0 saturated carbocycles. The van der Waals surface area contributed by atoms with Gasteiger partial charge in [0.15, 0.2) is 5.78 Å². The predicted molar refractivity (Wildman–Crippen MR) is 101 cm³/mol. The van der Waals surface area contributed by atoms with E-state index in [2.05, 4.69) is 5.32 Å². The summed E-state index contributed by atoms with van der Waals surface area (Å²) in [7, 11) is 1.48. The van der Waals surface area contributed by atoms with Gasteiger partial charge in [-0.15, -0.1) is 0 Å². The molecule has 0 aliphatic heterocycles. The maximum Gasteiger partial charge on any atom is 0.326 e. The molecule has 1 atom stereocenters. The van der Waals surface area contributed by atoms with Crippen LogP contribution < -0.4 is 10.1 Å². The van der Waals surface area contributed by atoms with Crippen molar-refractivity contribution < 1.29 is 24.2 Å². The van der Waals surface area contributed by atoms with Crippen molar-refractivity contribution in [2.45, 2.75) is 32.2 Å². The Balaban J connectivity index is 1.95. The molecule has 27 heavy (non-hydrogen) atoms. The summed E-state index contributed by atoms with van der Waals surface area (Å²) in [6.07, 6.45) is 0.0688. The van der Waals surface area contributed by atoms with Crippen LogP contribution in [0.2, 0.25) is 0 Å². The molecule has 2 rings (SSSR count). The van der Waals surface area contributed by atoms with Crippen molar-refractivity contribution in [1.82, 2.24) is 5.32 Å². The minimum atomic E-state index is -1.11. The van der Waals surface area contributed by atoms with Gasteiger partial charge >= 0.3 is 5.97 Å². The topological polar surface area (TPSA) is 92.7 Å². The van der Waals surface area contributed by atoms with Crippen LogP contribution in [0.4, 0.5) is 0 Å². The molecule has 1 amide bonds. The van der Waals surface area contributed by atoms with Crippen molar-refractivity contribution in [2.24, 2.45) is 0 Å². The van der Waals surface area contributed by atoms with Crippen molar-refractivity contribution >= 4 is 17.7 Å². The van der Waals surface area contributed by atoms with Gasteiger partial charge in [-0.3, -0.25) is 9.59 Å². The number of aliphatic carboxylic acids is 1. The van der Waals surface area contributed by atoms with Crippen molar-refractivity contribution in [3.05, 3.63) is 65.2 Å². The van der Waals surface area contributed by atoms with Crippen LogP contribution >= 0.6 is 0 Å². The molecule has 0 aliphatic rings. The second-order valence-corrected chi connectivity index (χ2v) is 6.27. The number of carbonyl (C=O) groups is 3. The number of nitrogens with one attached hydrogen (secondary N) is 1. The second-order valence-electron chi connectivity index (χ2n) is 6.27. The van der Waals surface area contributed by atoms with Gasteiger partial charge in [0.2, 0.25) is 5.91 Å². The number of methoxy groups -OCH3 is 1. The molecule has 2 aromatic carbocycles. The van der Waals surface area contributed by atoms with Gasteiger partial charge in [0.25, 0.3) is 0 Å². The molecule has 0 saturated heterocycles. The summed E-state index contributed by atoms with van der Waals surface area (Å²) in [6.45, 7) is 1.87. The van der Waals surface area contributed by atoms with E-state index >= 15 is 0 Å². The fourth-order valence-corrected chi connectivity index (χ4v) is 2.72. The van der Waals surface area contributed by atoms with Crippen LogP contribution in [0.3, 0.4) is 0 Å². The van der Waals surface area contributed by atoms with Crippen molar-refractivity contribution in [3.63, 3.8) is 0 Å². The standard InChI is InChI=1S/C21H23NO5/c1-14-8-10-19(27-2)16(12-14)18(23)9-11-20(24)22-17(21(25)26)13-15-6-4-3-5-7-15/h3-8,10,12,17H,9,11,13H2,1-2H3,(H,22,24)(H,25,26). The lowest BCUT2D eigenvalue weighted by atomic mass is 10.0. The largest absolute Gasteiger partial charge is 0.496 e. The molecule has 142 valence electrons. The van der Waals surface area contributed by atoms with Crippen molar-refractivity contribution in [3.8, 4) is 5.75 Å². The number of rotatable bonds is 9. The molecule has 2 N–H and O–H groups in total. The molecule has 0 aliphatic carbocycles. The minimum Gasteiger partial charge on any atom is -0.496 e. The monoisotopic (exact) mass is 369 g/mol. The zero-order valence-electron chi connectivity index (χ0n) is 15.4. The second kappa shape index (κ2) is 9.52. The van der Waals surface area contributed by atoms with E-state index in [9.17, 15) is 19.5 Å². The Hall–Kier alpha value is -3.15. The van der Waals surface area contributed by atoms with E-state index in [1.165, 1.54) is 7.11 Å². The number of benzene rings is 2. The van der Waals surface area contributed by atoms with Crippen LogP contribution in [0.15, 0.2) is 48.5 Å². The zero-order valence-corrected chi connectivity index (χ0v) is 15.4. The highest BCUT2D eigenvalue weighted by molar-refractivity contribution is 6.00. The molecule has 0 radical (unpaired) electrons. The van der Waals surface area contributed by atoms with Gasteiger partial charge in [-0.05, 0) is 24.6 Å². The SMILES string of the molecule is COc1ccc(C)cc1C(=O)CCC(=O)NC(Cc1ccccc1)C(=O)O. The summed E-state index contributed by atoms with van der Waals surface area (Å²) in [4.78, 5) is 36.0. The molecule has 0 heterocycles. The minimum absolute atomic E-state index is 0.0245. The Bertz CT molecular complexity index is 817. The van der Waals surface area contributed by atoms with Gasteiger partial charge in [0, 0.05) is 19.3 Å². The van der Waals surface area contributed by atoms with Gasteiger partial charge in [-0.1, -0.05) is 42.0 Å². The Kier molecular flexibility index (Phi) is 7.11. The number of carboxylic acid groups (broad SMARTS) is 1. The Morgan fingerprint density at radius 3 is 2.41 bits per heavy atom. The summed E-state index contributed by atoms with van der Waals surface area (Å²) in [5, 5.41) is 11.8. The predicted octanol–water partition coefficient (Wildman–Crippen LogP) is 2.78. The van der Waals surface area contributed by atoms with Crippen LogP contribution in [0.25, 0.3) is 0 Å². The quantitative estimate of drug-likeness (QED) is 0.663. The molecule has 0 spiro atoms. The third-order valence-corrected chi connectivity index (χ3v) is 4.15. The molecule has 6 nitrogen and oxygen atoms in total. The lowest BCUT2D eigenvalue weighted by molar-refractivity contribution is -0.141. The van der Waals surface area contributed by atoms with Crippen molar-refractivity contribution in [1.29, 1.82) is 0 Å².